The summed E-state index contributed by atoms with van der Waals surface area (Å²) in [5.74, 6) is -0.493. The van der Waals surface area contributed by atoms with E-state index in [1.165, 1.54) is 6.92 Å². The van der Waals surface area contributed by atoms with Crippen molar-refractivity contribution in [3.8, 4) is 0 Å². The van der Waals surface area contributed by atoms with Crippen LogP contribution in [-0.2, 0) is 9.36 Å². The molecule has 0 aliphatic rings. The fraction of sp³-hybridized carbons (Fsp3) is 0.625. The van der Waals surface area contributed by atoms with Crippen LogP contribution in [0.15, 0.2) is 12.2 Å². The normalized spacial score (nSPS) is 15.2. The van der Waals surface area contributed by atoms with Crippen molar-refractivity contribution < 1.29 is 14.3 Å². The van der Waals surface area contributed by atoms with Gasteiger partial charge in [0.2, 0.25) is 0 Å². The minimum Gasteiger partial charge on any atom is -0.329 e. The minimum absolute atomic E-state index is 0.0706. The third-order valence-electron chi connectivity index (χ3n) is 1.28. The van der Waals surface area contributed by atoms with E-state index >= 15 is 0 Å². The van der Waals surface area contributed by atoms with E-state index in [1.807, 2.05) is 13.8 Å². The Balaban J connectivity index is 4.26. The van der Waals surface area contributed by atoms with Crippen LogP contribution >= 0.6 is 7.52 Å². The van der Waals surface area contributed by atoms with E-state index < -0.39 is 13.4 Å². The van der Waals surface area contributed by atoms with Crippen molar-refractivity contribution in [3.05, 3.63) is 12.2 Å². The number of hydrogen-bond acceptors (Lipinski definition) is 2. The summed E-state index contributed by atoms with van der Waals surface area (Å²) in [6.07, 6.45) is 0.0893. The molecule has 0 aliphatic heterocycles. The Morgan fingerprint density at radius 3 is 2.38 bits per heavy atom. The van der Waals surface area contributed by atoms with Gasteiger partial charge in [0.25, 0.3) is 13.4 Å². The molecule has 76 valence electrons. The van der Waals surface area contributed by atoms with Crippen molar-refractivity contribution in [2.24, 2.45) is 5.92 Å². The first kappa shape index (κ1) is 12.4. The number of hydrogen-bond donors (Lipinski definition) is 2. The quantitative estimate of drug-likeness (QED) is 0.540. The zero-order valence-electron chi connectivity index (χ0n) is 8.20. The lowest BCUT2D eigenvalue weighted by molar-refractivity contribution is -0.115. The molecule has 0 aliphatic carbocycles. The lowest BCUT2D eigenvalue weighted by Crippen LogP contribution is -2.23. The molecule has 1 atom stereocenters. The van der Waals surface area contributed by atoms with Crippen molar-refractivity contribution in [3.63, 3.8) is 0 Å². The Bertz CT molecular complexity index is 260. The van der Waals surface area contributed by atoms with Crippen LogP contribution in [-0.4, -0.2) is 17.0 Å². The molecule has 0 bridgehead atoms. The molecule has 0 rings (SSSR count). The van der Waals surface area contributed by atoms with Crippen LogP contribution in [0.2, 0.25) is 0 Å². The van der Waals surface area contributed by atoms with Crippen LogP contribution in [0.1, 0.15) is 20.8 Å². The summed E-state index contributed by atoms with van der Waals surface area (Å²) in [5, 5.41) is 2.06. The maximum Gasteiger partial charge on any atom is 0.293 e. The highest BCUT2D eigenvalue weighted by Crippen LogP contribution is 2.37. The molecule has 0 saturated carbocycles. The molecule has 0 radical (unpaired) electrons. The van der Waals surface area contributed by atoms with Gasteiger partial charge in [-0.3, -0.25) is 14.4 Å². The molecule has 2 N–H and O–H groups in total. The van der Waals surface area contributed by atoms with Gasteiger partial charge in [0, 0.05) is 11.7 Å². The van der Waals surface area contributed by atoms with Gasteiger partial charge in [-0.25, -0.2) is 0 Å². The van der Waals surface area contributed by atoms with Crippen molar-refractivity contribution in [2.75, 3.05) is 6.16 Å². The van der Waals surface area contributed by atoms with Gasteiger partial charge in [-0.15, -0.1) is 0 Å². The lowest BCUT2D eigenvalue weighted by atomic mass is 10.3. The van der Waals surface area contributed by atoms with Gasteiger partial charge < -0.3 is 4.89 Å². The molecule has 0 aromatic carbocycles. The Morgan fingerprint density at radius 2 is 2.08 bits per heavy atom. The molecular weight excluding hydrogens is 189 g/mol. The molecule has 0 aromatic rings. The number of amides is 1. The van der Waals surface area contributed by atoms with Crippen molar-refractivity contribution in [1.82, 2.24) is 5.09 Å². The fourth-order valence-electron chi connectivity index (χ4n) is 0.795. The predicted octanol–water partition coefficient (Wildman–Crippen LogP) is 1.52. The maximum absolute atomic E-state index is 11.3. The Hall–Kier alpha value is -0.600. The fourth-order valence-corrected chi connectivity index (χ4v) is 2.38. The van der Waals surface area contributed by atoms with Crippen molar-refractivity contribution in [1.29, 1.82) is 0 Å². The number of nitrogens with one attached hydrogen (secondary N) is 1. The highest BCUT2D eigenvalue weighted by Gasteiger charge is 2.22. The number of carbonyl (C=O) groups is 1. The number of carbonyl (C=O) groups excluding carboxylic acids is 1. The van der Waals surface area contributed by atoms with Crippen LogP contribution < -0.4 is 5.09 Å². The first-order valence-electron chi connectivity index (χ1n) is 4.04. The second kappa shape index (κ2) is 4.58. The van der Waals surface area contributed by atoms with E-state index in [0.29, 0.717) is 0 Å². The molecule has 0 saturated heterocycles. The van der Waals surface area contributed by atoms with Crippen LogP contribution in [0.5, 0.6) is 0 Å². The summed E-state index contributed by atoms with van der Waals surface area (Å²) in [6, 6.07) is 0. The topological polar surface area (TPSA) is 66.4 Å². The average molecular weight is 205 g/mol. The molecular formula is C8H16NO3P. The van der Waals surface area contributed by atoms with Crippen LogP contribution in [0.25, 0.3) is 0 Å². The zero-order valence-corrected chi connectivity index (χ0v) is 9.10. The van der Waals surface area contributed by atoms with E-state index in [-0.39, 0.29) is 17.7 Å². The zero-order chi connectivity index (χ0) is 10.6. The third-order valence-corrected chi connectivity index (χ3v) is 3.05. The first-order valence-corrected chi connectivity index (χ1v) is 5.89. The van der Waals surface area contributed by atoms with Crippen molar-refractivity contribution in [2.45, 2.75) is 20.8 Å². The highest BCUT2D eigenvalue weighted by molar-refractivity contribution is 7.56. The van der Waals surface area contributed by atoms with Gasteiger partial charge in [-0.1, -0.05) is 20.4 Å². The summed E-state index contributed by atoms with van der Waals surface area (Å²) in [5.41, 5.74) is 0.234. The second-order valence-electron chi connectivity index (χ2n) is 3.50. The van der Waals surface area contributed by atoms with Gasteiger partial charge in [-0.05, 0) is 12.8 Å². The molecule has 1 amide bonds. The van der Waals surface area contributed by atoms with E-state index in [1.54, 1.807) is 0 Å². The summed E-state index contributed by atoms with van der Waals surface area (Å²) >= 11 is 0. The van der Waals surface area contributed by atoms with E-state index in [4.69, 9.17) is 0 Å². The van der Waals surface area contributed by atoms with Crippen molar-refractivity contribution >= 4 is 13.4 Å². The SMILES string of the molecule is C=C(C)C(=O)NP(=O)(O)CC(C)C. The summed E-state index contributed by atoms with van der Waals surface area (Å²) < 4.78 is 11.3. The van der Waals surface area contributed by atoms with Crippen LogP contribution in [0.4, 0.5) is 0 Å². The van der Waals surface area contributed by atoms with Crippen LogP contribution in [0.3, 0.4) is 0 Å². The predicted molar refractivity (Wildman–Crippen MR) is 52.5 cm³/mol. The molecule has 0 fully saturated rings. The van der Waals surface area contributed by atoms with Gasteiger partial charge >= 0.3 is 0 Å². The van der Waals surface area contributed by atoms with Gasteiger partial charge in [0.15, 0.2) is 0 Å². The summed E-state index contributed by atoms with van der Waals surface area (Å²) in [4.78, 5) is 20.3. The monoisotopic (exact) mass is 205 g/mol. The molecule has 0 spiro atoms. The largest absolute Gasteiger partial charge is 0.329 e. The Kier molecular flexibility index (Phi) is 4.37. The second-order valence-corrected chi connectivity index (χ2v) is 5.49. The third kappa shape index (κ3) is 5.61. The van der Waals surface area contributed by atoms with Crippen LogP contribution in [0, 0.1) is 5.92 Å². The summed E-state index contributed by atoms with van der Waals surface area (Å²) in [7, 11) is -3.52. The Morgan fingerprint density at radius 1 is 1.62 bits per heavy atom. The van der Waals surface area contributed by atoms with E-state index in [9.17, 15) is 14.3 Å². The van der Waals surface area contributed by atoms with Gasteiger partial charge in [-0.2, -0.15) is 0 Å². The first-order chi connectivity index (χ1) is 5.74. The van der Waals surface area contributed by atoms with E-state index in [0.717, 1.165) is 0 Å². The molecule has 13 heavy (non-hydrogen) atoms. The Labute approximate surface area is 78.5 Å². The number of rotatable bonds is 4. The summed E-state index contributed by atoms with van der Waals surface area (Å²) in [6.45, 7) is 8.50. The molecule has 4 nitrogen and oxygen atoms in total. The van der Waals surface area contributed by atoms with Gasteiger partial charge in [0.05, 0.1) is 0 Å². The highest BCUT2D eigenvalue weighted by atomic mass is 31.2. The molecule has 0 aromatic heterocycles. The van der Waals surface area contributed by atoms with E-state index in [2.05, 4.69) is 11.7 Å². The standard InChI is InChI=1S/C8H16NO3P/c1-6(2)5-13(11,12)9-8(10)7(3)4/h6H,3,5H2,1-2,4H3,(H2,9,10,11,12). The maximum atomic E-state index is 11.3. The molecule has 0 heterocycles. The molecule has 5 heteroatoms. The smallest absolute Gasteiger partial charge is 0.293 e. The molecule has 1 unspecified atom stereocenters. The average Bonchev–Trinajstić information content (AvgIpc) is 1.81. The lowest BCUT2D eigenvalue weighted by Gasteiger charge is -2.14. The van der Waals surface area contributed by atoms with Gasteiger partial charge in [0.1, 0.15) is 0 Å². The minimum atomic E-state index is -3.52.